The summed E-state index contributed by atoms with van der Waals surface area (Å²) in [5.74, 6) is -1.22. The maximum Gasteiger partial charge on any atom is 0.352 e. The van der Waals surface area contributed by atoms with Crippen molar-refractivity contribution in [1.82, 2.24) is 14.8 Å². The summed E-state index contributed by atoms with van der Waals surface area (Å²) in [6, 6.07) is 1.07. The Bertz CT molecular complexity index is 788. The number of carboxylic acid groups (broad SMARTS) is 1. The highest BCUT2D eigenvalue weighted by Gasteiger charge is 2.22. The lowest BCUT2D eigenvalue weighted by Crippen LogP contribution is -2.13. The van der Waals surface area contributed by atoms with Crippen LogP contribution in [0.5, 0.6) is 0 Å². The van der Waals surface area contributed by atoms with Crippen LogP contribution in [0.3, 0.4) is 0 Å². The van der Waals surface area contributed by atoms with Gasteiger partial charge in [0.25, 0.3) is 10.0 Å². The van der Waals surface area contributed by atoms with E-state index in [1.54, 1.807) is 18.5 Å². The van der Waals surface area contributed by atoms with Crippen LogP contribution in [0.2, 0.25) is 0 Å². The number of nitrogens with one attached hydrogen (secondary N) is 2. The molecule has 2 heterocycles. The number of hydrogen-bond acceptors (Lipinski definition) is 4. The number of nitrogens with zero attached hydrogens (tertiary/aromatic N) is 2. The largest absolute Gasteiger partial charge is 0.477 e. The molecule has 0 aliphatic carbocycles. The summed E-state index contributed by atoms with van der Waals surface area (Å²) in [5.41, 5.74) is 1.49. The average molecular weight is 312 g/mol. The molecule has 2 rings (SSSR count). The number of carbonyl (C=O) groups is 1. The minimum atomic E-state index is -3.86. The van der Waals surface area contributed by atoms with Gasteiger partial charge in [-0.25, -0.2) is 13.2 Å². The topological polar surface area (TPSA) is 117 Å². The van der Waals surface area contributed by atoms with E-state index in [0.29, 0.717) is 23.6 Å². The number of aromatic amines is 1. The first-order valence-corrected chi connectivity index (χ1v) is 7.73. The molecule has 0 fully saturated rings. The SMILES string of the molecule is CCn1nc(C)c(NS(=O)(=O)c2c[nH]c(C(=O)O)c2)c1C. The van der Waals surface area contributed by atoms with Crippen molar-refractivity contribution in [3.63, 3.8) is 0 Å². The Labute approximate surface area is 121 Å². The maximum absolute atomic E-state index is 12.3. The van der Waals surface area contributed by atoms with Crippen molar-refractivity contribution in [2.45, 2.75) is 32.2 Å². The molecule has 9 heteroatoms. The van der Waals surface area contributed by atoms with Gasteiger partial charge in [0.15, 0.2) is 0 Å². The second-order valence-corrected chi connectivity index (χ2v) is 6.20. The molecule has 21 heavy (non-hydrogen) atoms. The van der Waals surface area contributed by atoms with Crippen molar-refractivity contribution in [3.05, 3.63) is 29.3 Å². The Morgan fingerprint density at radius 1 is 1.48 bits per heavy atom. The molecular weight excluding hydrogens is 296 g/mol. The van der Waals surface area contributed by atoms with Gasteiger partial charge in [-0.05, 0) is 26.8 Å². The van der Waals surface area contributed by atoms with Gasteiger partial charge in [-0.2, -0.15) is 5.10 Å². The quantitative estimate of drug-likeness (QED) is 0.770. The second kappa shape index (κ2) is 5.24. The number of anilines is 1. The van der Waals surface area contributed by atoms with Gasteiger partial charge < -0.3 is 10.1 Å². The van der Waals surface area contributed by atoms with Crippen molar-refractivity contribution in [2.75, 3.05) is 4.72 Å². The summed E-state index contributed by atoms with van der Waals surface area (Å²) in [6.45, 7) is 6.00. The minimum Gasteiger partial charge on any atom is -0.477 e. The van der Waals surface area contributed by atoms with Gasteiger partial charge in [0, 0.05) is 12.7 Å². The predicted molar refractivity (Wildman–Crippen MR) is 75.9 cm³/mol. The third-order valence-corrected chi connectivity index (χ3v) is 4.44. The van der Waals surface area contributed by atoms with E-state index in [0.717, 1.165) is 12.3 Å². The van der Waals surface area contributed by atoms with Crippen LogP contribution in [0.4, 0.5) is 5.69 Å². The number of aryl methyl sites for hydroxylation is 2. The molecule has 0 bridgehead atoms. The molecule has 114 valence electrons. The van der Waals surface area contributed by atoms with Crippen molar-refractivity contribution >= 4 is 21.7 Å². The molecule has 2 aromatic heterocycles. The molecular formula is C12H16N4O4S. The average Bonchev–Trinajstić information content (AvgIpc) is 2.99. The molecule has 0 aliphatic rings. The number of carboxylic acids is 1. The van der Waals surface area contributed by atoms with Crippen molar-refractivity contribution in [3.8, 4) is 0 Å². The molecule has 0 saturated heterocycles. The number of aromatic carboxylic acids is 1. The van der Waals surface area contributed by atoms with E-state index in [1.165, 1.54) is 0 Å². The zero-order valence-electron chi connectivity index (χ0n) is 11.8. The van der Waals surface area contributed by atoms with Crippen molar-refractivity contribution in [2.24, 2.45) is 0 Å². The Morgan fingerprint density at radius 3 is 2.62 bits per heavy atom. The summed E-state index contributed by atoms with van der Waals surface area (Å²) in [5, 5.41) is 13.0. The number of hydrogen-bond donors (Lipinski definition) is 3. The molecule has 2 aromatic rings. The predicted octanol–water partition coefficient (Wildman–Crippen LogP) is 1.35. The van der Waals surface area contributed by atoms with Crippen LogP contribution in [0.25, 0.3) is 0 Å². The molecule has 3 N–H and O–H groups in total. The Balaban J connectivity index is 2.37. The monoisotopic (exact) mass is 312 g/mol. The molecule has 0 aromatic carbocycles. The van der Waals surface area contributed by atoms with E-state index in [1.807, 2.05) is 6.92 Å². The zero-order valence-corrected chi connectivity index (χ0v) is 12.7. The zero-order chi connectivity index (χ0) is 15.8. The molecule has 0 atom stereocenters. The van der Waals surface area contributed by atoms with E-state index in [-0.39, 0.29) is 10.6 Å². The first kappa shape index (κ1) is 15.1. The smallest absolute Gasteiger partial charge is 0.352 e. The van der Waals surface area contributed by atoms with Crippen molar-refractivity contribution in [1.29, 1.82) is 0 Å². The molecule has 0 radical (unpaired) electrons. The summed E-state index contributed by atoms with van der Waals surface area (Å²) in [4.78, 5) is 13.1. The number of sulfonamides is 1. The highest BCUT2D eigenvalue weighted by Crippen LogP contribution is 2.23. The van der Waals surface area contributed by atoms with Crippen LogP contribution < -0.4 is 4.72 Å². The molecule has 0 unspecified atom stereocenters. The van der Waals surface area contributed by atoms with Gasteiger partial charge in [-0.1, -0.05) is 0 Å². The lowest BCUT2D eigenvalue weighted by atomic mass is 10.3. The molecule has 0 amide bonds. The van der Waals surface area contributed by atoms with Gasteiger partial charge >= 0.3 is 5.97 Å². The van der Waals surface area contributed by atoms with E-state index >= 15 is 0 Å². The summed E-state index contributed by atoms with van der Waals surface area (Å²) >= 11 is 0. The van der Waals surface area contributed by atoms with E-state index in [9.17, 15) is 13.2 Å². The number of H-pyrrole nitrogens is 1. The third kappa shape index (κ3) is 2.77. The van der Waals surface area contributed by atoms with Gasteiger partial charge in [-0.15, -0.1) is 0 Å². The summed E-state index contributed by atoms with van der Waals surface area (Å²) < 4.78 is 28.7. The Morgan fingerprint density at radius 2 is 2.14 bits per heavy atom. The first-order chi connectivity index (χ1) is 9.76. The van der Waals surface area contributed by atoms with E-state index < -0.39 is 16.0 Å². The number of rotatable bonds is 5. The van der Waals surface area contributed by atoms with E-state index in [2.05, 4.69) is 14.8 Å². The molecule has 0 aliphatic heterocycles. The molecule has 0 spiro atoms. The maximum atomic E-state index is 12.3. The van der Waals surface area contributed by atoms with E-state index in [4.69, 9.17) is 5.11 Å². The summed E-state index contributed by atoms with van der Waals surface area (Å²) in [7, 11) is -3.86. The van der Waals surface area contributed by atoms with Gasteiger partial charge in [0.1, 0.15) is 10.6 Å². The first-order valence-electron chi connectivity index (χ1n) is 6.24. The minimum absolute atomic E-state index is 0.136. The standard InChI is InChI=1S/C12H16N4O4S/c1-4-16-8(3)11(7(2)14-16)15-21(19,20)9-5-10(12(17)18)13-6-9/h5-6,13,15H,4H2,1-3H3,(H,17,18). The third-order valence-electron chi connectivity index (χ3n) is 3.11. The van der Waals surface area contributed by atoms with Crippen LogP contribution >= 0.6 is 0 Å². The fourth-order valence-corrected chi connectivity index (χ4v) is 3.17. The van der Waals surface area contributed by atoms with Crippen LogP contribution in [-0.2, 0) is 16.6 Å². The van der Waals surface area contributed by atoms with Crippen molar-refractivity contribution < 1.29 is 18.3 Å². The highest BCUT2D eigenvalue weighted by atomic mass is 32.2. The van der Waals surface area contributed by atoms with Crippen LogP contribution in [-0.4, -0.2) is 34.3 Å². The van der Waals surface area contributed by atoms with Crippen LogP contribution in [0.1, 0.15) is 28.8 Å². The van der Waals surface area contributed by atoms with Gasteiger partial charge in [0.05, 0.1) is 17.1 Å². The highest BCUT2D eigenvalue weighted by molar-refractivity contribution is 7.92. The molecule has 8 nitrogen and oxygen atoms in total. The normalized spacial score (nSPS) is 11.6. The van der Waals surface area contributed by atoms with Gasteiger partial charge in [0.2, 0.25) is 0 Å². The Kier molecular flexibility index (Phi) is 3.77. The summed E-state index contributed by atoms with van der Waals surface area (Å²) in [6.07, 6.45) is 1.14. The lowest BCUT2D eigenvalue weighted by molar-refractivity contribution is 0.0691. The van der Waals surface area contributed by atoms with Crippen LogP contribution in [0, 0.1) is 13.8 Å². The van der Waals surface area contributed by atoms with Crippen LogP contribution in [0.15, 0.2) is 17.2 Å². The van der Waals surface area contributed by atoms with Gasteiger partial charge in [-0.3, -0.25) is 9.40 Å². The number of aromatic nitrogens is 3. The lowest BCUT2D eigenvalue weighted by Gasteiger charge is -2.07. The fraction of sp³-hybridized carbons (Fsp3) is 0.333. The Hall–Kier alpha value is -2.29. The molecule has 0 saturated carbocycles. The fourth-order valence-electron chi connectivity index (χ4n) is 2.00. The second-order valence-electron chi connectivity index (χ2n) is 4.52.